The summed E-state index contributed by atoms with van der Waals surface area (Å²) >= 11 is 0. The van der Waals surface area contributed by atoms with Crippen molar-refractivity contribution in [2.75, 3.05) is 18.0 Å². The van der Waals surface area contributed by atoms with E-state index in [1.807, 2.05) is 60.7 Å². The molecule has 1 atom stereocenters. The van der Waals surface area contributed by atoms with Crippen LogP contribution in [-0.4, -0.2) is 46.1 Å². The number of hydrogen-bond acceptors (Lipinski definition) is 6. The summed E-state index contributed by atoms with van der Waals surface area (Å²) in [5.74, 6) is 0.275. The minimum atomic E-state index is -1.12. The molecule has 0 aliphatic carbocycles. The number of aromatic nitrogens is 1. The highest BCUT2D eigenvalue weighted by atomic mass is 16.5. The number of aryl methyl sites for hydroxylation is 1. The van der Waals surface area contributed by atoms with Crippen LogP contribution in [0.3, 0.4) is 0 Å². The molecule has 170 valence electrons. The molecule has 0 saturated carbocycles. The molecule has 33 heavy (non-hydrogen) atoms. The van der Waals surface area contributed by atoms with E-state index in [1.54, 1.807) is 13.0 Å². The Morgan fingerprint density at radius 1 is 0.970 bits per heavy atom. The third kappa shape index (κ3) is 3.77. The molecule has 2 aliphatic rings. The zero-order chi connectivity index (χ0) is 23.0. The number of likely N-dealkylation sites (tertiary alicyclic amines) is 1. The van der Waals surface area contributed by atoms with E-state index in [0.29, 0.717) is 31.7 Å². The van der Waals surface area contributed by atoms with Gasteiger partial charge >= 0.3 is 0 Å². The van der Waals surface area contributed by atoms with Gasteiger partial charge in [0.15, 0.2) is 5.82 Å². The van der Waals surface area contributed by atoms with Gasteiger partial charge in [-0.05, 0) is 49.9 Å². The Balaban J connectivity index is 1.35. The molecule has 2 aromatic carbocycles. The summed E-state index contributed by atoms with van der Waals surface area (Å²) < 4.78 is 5.05. The minimum absolute atomic E-state index is 0.0138. The molecule has 5 rings (SSSR count). The Bertz CT molecular complexity index is 1100. The Morgan fingerprint density at radius 2 is 1.55 bits per heavy atom. The van der Waals surface area contributed by atoms with E-state index in [2.05, 4.69) is 10.1 Å². The van der Waals surface area contributed by atoms with Crippen LogP contribution in [0.25, 0.3) is 0 Å². The van der Waals surface area contributed by atoms with Crippen LogP contribution in [0.1, 0.15) is 36.1 Å². The average molecular weight is 446 g/mol. The molecule has 3 aromatic rings. The fourth-order valence-corrected chi connectivity index (χ4v) is 5.25. The second kappa shape index (κ2) is 8.57. The lowest BCUT2D eigenvalue weighted by Crippen LogP contribution is -2.49. The first-order valence-corrected chi connectivity index (χ1v) is 11.4. The van der Waals surface area contributed by atoms with Gasteiger partial charge < -0.3 is 9.63 Å². The molecule has 0 radical (unpaired) electrons. The van der Waals surface area contributed by atoms with Gasteiger partial charge in [0.05, 0.1) is 12.5 Å². The van der Waals surface area contributed by atoms with Crippen molar-refractivity contribution in [3.63, 3.8) is 0 Å². The molecular formula is C26H27N3O4. The lowest BCUT2D eigenvalue weighted by atomic mass is 9.72. The quantitative estimate of drug-likeness (QED) is 0.607. The van der Waals surface area contributed by atoms with Gasteiger partial charge in [-0.1, -0.05) is 65.8 Å². The second-order valence-corrected chi connectivity index (χ2v) is 8.89. The predicted octanol–water partition coefficient (Wildman–Crippen LogP) is 3.26. The molecule has 2 aliphatic heterocycles. The van der Waals surface area contributed by atoms with Crippen LogP contribution < -0.4 is 4.90 Å². The van der Waals surface area contributed by atoms with Gasteiger partial charge in [-0.15, -0.1) is 0 Å². The number of carbonyl (C=O) groups excluding carboxylic acids is 2. The lowest BCUT2D eigenvalue weighted by molar-refractivity contribution is -0.123. The zero-order valence-electron chi connectivity index (χ0n) is 18.6. The number of benzene rings is 2. The van der Waals surface area contributed by atoms with Crippen LogP contribution in [0.4, 0.5) is 5.82 Å². The van der Waals surface area contributed by atoms with Gasteiger partial charge in [0, 0.05) is 6.07 Å². The van der Waals surface area contributed by atoms with Crippen molar-refractivity contribution in [1.82, 2.24) is 10.1 Å². The van der Waals surface area contributed by atoms with E-state index in [1.165, 1.54) is 0 Å². The normalized spacial score (nSPS) is 20.5. The minimum Gasteiger partial charge on any atom is -0.380 e. The van der Waals surface area contributed by atoms with Crippen molar-refractivity contribution in [3.05, 3.63) is 83.6 Å². The average Bonchev–Trinajstić information content (AvgIpc) is 3.41. The van der Waals surface area contributed by atoms with Gasteiger partial charge in [-0.3, -0.25) is 14.5 Å². The second-order valence-electron chi connectivity index (χ2n) is 8.89. The fraction of sp³-hybridized carbons (Fsp3) is 0.346. The molecule has 1 N–H and O–H groups in total. The Hall–Kier alpha value is -3.29. The Labute approximate surface area is 192 Å². The van der Waals surface area contributed by atoms with Gasteiger partial charge in [-0.25, -0.2) is 4.90 Å². The molecule has 0 spiro atoms. The van der Waals surface area contributed by atoms with E-state index in [9.17, 15) is 14.7 Å². The maximum absolute atomic E-state index is 13.1. The third-order valence-electron chi connectivity index (χ3n) is 6.96. The number of carbonyl (C=O) groups is 2. The van der Waals surface area contributed by atoms with Crippen molar-refractivity contribution in [1.29, 1.82) is 0 Å². The van der Waals surface area contributed by atoms with Crippen LogP contribution in [-0.2, 0) is 15.2 Å². The van der Waals surface area contributed by atoms with Crippen LogP contribution >= 0.6 is 0 Å². The number of imide groups is 1. The number of rotatable bonds is 5. The maximum Gasteiger partial charge on any atom is 0.252 e. The molecule has 2 saturated heterocycles. The highest BCUT2D eigenvalue weighted by Crippen LogP contribution is 2.42. The summed E-state index contributed by atoms with van der Waals surface area (Å²) in [7, 11) is 0. The number of aliphatic hydroxyl groups is 1. The van der Waals surface area contributed by atoms with Crippen molar-refractivity contribution in [2.24, 2.45) is 5.92 Å². The standard InChI is InChI=1S/C26H27N3O4/c1-18-16-23(27-33-18)29-24(30)17-22(25(29)31)28-14-12-21(13-15-28)26(32,19-8-4-2-5-9-19)20-10-6-3-7-11-20/h2-11,16,21-22,32H,12-15,17H2,1H3. The molecule has 3 heterocycles. The van der Waals surface area contributed by atoms with Crippen molar-refractivity contribution >= 4 is 17.6 Å². The summed E-state index contributed by atoms with van der Waals surface area (Å²) in [4.78, 5) is 28.9. The monoisotopic (exact) mass is 445 g/mol. The van der Waals surface area contributed by atoms with Crippen LogP contribution in [0.15, 0.2) is 71.3 Å². The zero-order valence-corrected chi connectivity index (χ0v) is 18.6. The number of amides is 2. The largest absolute Gasteiger partial charge is 0.380 e. The first-order chi connectivity index (χ1) is 16.0. The summed E-state index contributed by atoms with van der Waals surface area (Å²) in [6.07, 6.45) is 1.56. The fourth-order valence-electron chi connectivity index (χ4n) is 5.25. The van der Waals surface area contributed by atoms with Gasteiger partial charge in [0.2, 0.25) is 5.91 Å². The molecular weight excluding hydrogens is 418 g/mol. The number of piperidine rings is 1. The highest BCUT2D eigenvalue weighted by molar-refractivity contribution is 6.21. The number of anilines is 1. The molecule has 7 nitrogen and oxygen atoms in total. The van der Waals surface area contributed by atoms with E-state index in [4.69, 9.17) is 4.52 Å². The van der Waals surface area contributed by atoms with E-state index >= 15 is 0 Å². The van der Waals surface area contributed by atoms with Gasteiger partial charge in [0.25, 0.3) is 5.91 Å². The first-order valence-electron chi connectivity index (χ1n) is 11.4. The molecule has 7 heteroatoms. The lowest BCUT2D eigenvalue weighted by Gasteiger charge is -2.43. The van der Waals surface area contributed by atoms with E-state index in [-0.39, 0.29) is 30.0 Å². The molecule has 0 bridgehead atoms. The molecule has 2 fully saturated rings. The maximum atomic E-state index is 13.1. The van der Waals surface area contributed by atoms with Crippen molar-refractivity contribution in [3.8, 4) is 0 Å². The summed E-state index contributed by atoms with van der Waals surface area (Å²) in [5, 5.41) is 15.9. The van der Waals surface area contributed by atoms with Crippen molar-refractivity contribution in [2.45, 2.75) is 37.8 Å². The summed E-state index contributed by atoms with van der Waals surface area (Å²) in [5.41, 5.74) is 0.623. The number of nitrogens with zero attached hydrogens (tertiary/aromatic N) is 3. The van der Waals surface area contributed by atoms with Gasteiger partial charge in [0.1, 0.15) is 11.4 Å². The van der Waals surface area contributed by atoms with Crippen molar-refractivity contribution < 1.29 is 19.2 Å². The van der Waals surface area contributed by atoms with E-state index < -0.39 is 11.6 Å². The molecule has 2 amide bonds. The number of hydrogen-bond donors (Lipinski definition) is 1. The first kappa shape index (κ1) is 21.6. The highest BCUT2D eigenvalue weighted by Gasteiger charge is 2.47. The SMILES string of the molecule is Cc1cc(N2C(=O)CC(N3CCC(C(O)(c4ccccc4)c4ccccc4)CC3)C2=O)no1. The van der Waals surface area contributed by atoms with Crippen LogP contribution in [0.2, 0.25) is 0 Å². The smallest absolute Gasteiger partial charge is 0.252 e. The van der Waals surface area contributed by atoms with Crippen LogP contribution in [0.5, 0.6) is 0 Å². The predicted molar refractivity (Wildman–Crippen MR) is 122 cm³/mol. The summed E-state index contributed by atoms with van der Waals surface area (Å²) in [6, 6.07) is 20.6. The van der Waals surface area contributed by atoms with Gasteiger partial charge in [-0.2, -0.15) is 0 Å². The van der Waals surface area contributed by atoms with Crippen LogP contribution in [0, 0.1) is 12.8 Å². The third-order valence-corrected chi connectivity index (χ3v) is 6.96. The topological polar surface area (TPSA) is 86.9 Å². The molecule has 1 aromatic heterocycles. The summed E-state index contributed by atoms with van der Waals surface area (Å²) in [6.45, 7) is 2.98. The Kier molecular flexibility index (Phi) is 5.60. The Morgan fingerprint density at radius 3 is 2.06 bits per heavy atom. The molecule has 1 unspecified atom stereocenters. The van der Waals surface area contributed by atoms with E-state index in [0.717, 1.165) is 16.0 Å².